The van der Waals surface area contributed by atoms with Crippen LogP contribution in [0.5, 0.6) is 0 Å². The van der Waals surface area contributed by atoms with E-state index in [2.05, 4.69) is 0 Å². The first-order valence-electron chi connectivity index (χ1n) is 6.38. The van der Waals surface area contributed by atoms with Gasteiger partial charge in [0.25, 0.3) is 5.91 Å². The van der Waals surface area contributed by atoms with Gasteiger partial charge in [-0.15, -0.1) is 0 Å². The number of carboxylic acids is 1. The number of hydrogen-bond donors (Lipinski definition) is 1. The Hall–Kier alpha value is -1.78. The normalized spacial score (nSPS) is 11.4. The SMILES string of the molecule is CCc1cc(C(=O)N(C)C(C)(C)C(=O)O)oc1CC. The average molecular weight is 267 g/mol. The number of aliphatic carboxylic acids is 1. The van der Waals surface area contributed by atoms with Gasteiger partial charge < -0.3 is 14.4 Å². The van der Waals surface area contributed by atoms with Crippen LogP contribution >= 0.6 is 0 Å². The highest BCUT2D eigenvalue weighted by molar-refractivity contribution is 5.95. The lowest BCUT2D eigenvalue weighted by atomic mass is 10.0. The zero-order valence-corrected chi connectivity index (χ0v) is 12.1. The molecule has 1 amide bonds. The van der Waals surface area contributed by atoms with Crippen molar-refractivity contribution in [3.63, 3.8) is 0 Å². The summed E-state index contributed by atoms with van der Waals surface area (Å²) in [6.07, 6.45) is 1.49. The van der Waals surface area contributed by atoms with Crippen molar-refractivity contribution in [2.45, 2.75) is 46.1 Å². The Morgan fingerprint density at radius 2 is 1.89 bits per heavy atom. The molecular formula is C14H21NO4. The van der Waals surface area contributed by atoms with Crippen LogP contribution in [0.3, 0.4) is 0 Å². The smallest absolute Gasteiger partial charge is 0.329 e. The molecule has 1 aromatic heterocycles. The first-order valence-corrected chi connectivity index (χ1v) is 6.38. The number of carbonyl (C=O) groups excluding carboxylic acids is 1. The van der Waals surface area contributed by atoms with Crippen molar-refractivity contribution in [1.82, 2.24) is 4.90 Å². The third kappa shape index (κ3) is 2.80. The summed E-state index contributed by atoms with van der Waals surface area (Å²) in [5.74, 6) is -0.485. The third-order valence-corrected chi connectivity index (χ3v) is 3.48. The summed E-state index contributed by atoms with van der Waals surface area (Å²) < 4.78 is 5.53. The molecule has 0 aliphatic carbocycles. The second kappa shape index (κ2) is 5.47. The molecule has 19 heavy (non-hydrogen) atoms. The Balaban J connectivity index is 3.07. The minimum atomic E-state index is -1.28. The van der Waals surface area contributed by atoms with Gasteiger partial charge in [-0.2, -0.15) is 0 Å². The molecule has 0 saturated heterocycles. The predicted octanol–water partition coefficient (Wildman–Crippen LogP) is 2.34. The Bertz CT molecular complexity index is 466. The molecule has 0 unspecified atom stereocenters. The predicted molar refractivity (Wildman–Crippen MR) is 71.3 cm³/mol. The zero-order chi connectivity index (χ0) is 14.8. The molecule has 0 saturated carbocycles. The summed E-state index contributed by atoms with van der Waals surface area (Å²) in [5.41, 5.74) is -0.282. The Kier molecular flexibility index (Phi) is 4.39. The number of aryl methyl sites for hydroxylation is 2. The van der Waals surface area contributed by atoms with Crippen LogP contribution in [0, 0.1) is 0 Å². The lowest BCUT2D eigenvalue weighted by molar-refractivity contribution is -0.147. The molecule has 0 spiro atoms. The molecule has 0 aliphatic heterocycles. The first-order chi connectivity index (χ1) is 8.75. The second-order valence-corrected chi connectivity index (χ2v) is 4.99. The lowest BCUT2D eigenvalue weighted by Crippen LogP contribution is -2.50. The average Bonchev–Trinajstić information content (AvgIpc) is 2.79. The highest BCUT2D eigenvalue weighted by Gasteiger charge is 2.36. The van der Waals surface area contributed by atoms with Crippen LogP contribution in [-0.4, -0.2) is 34.5 Å². The molecule has 0 radical (unpaired) electrons. The van der Waals surface area contributed by atoms with Gasteiger partial charge in [0.05, 0.1) is 0 Å². The summed E-state index contributed by atoms with van der Waals surface area (Å²) in [6, 6.07) is 1.70. The van der Waals surface area contributed by atoms with Crippen molar-refractivity contribution in [3.05, 3.63) is 23.2 Å². The number of carbonyl (C=O) groups is 2. The van der Waals surface area contributed by atoms with Crippen LogP contribution in [0.15, 0.2) is 10.5 Å². The van der Waals surface area contributed by atoms with E-state index in [1.54, 1.807) is 6.07 Å². The lowest BCUT2D eigenvalue weighted by Gasteiger charge is -2.30. The Morgan fingerprint density at radius 3 is 2.26 bits per heavy atom. The molecule has 0 fully saturated rings. The number of amides is 1. The van der Waals surface area contributed by atoms with E-state index in [1.165, 1.54) is 25.8 Å². The van der Waals surface area contributed by atoms with Gasteiger partial charge in [0.15, 0.2) is 5.76 Å². The third-order valence-electron chi connectivity index (χ3n) is 3.48. The van der Waals surface area contributed by atoms with Crippen LogP contribution in [0.2, 0.25) is 0 Å². The number of likely N-dealkylation sites (N-methyl/N-ethyl adjacent to an activating group) is 1. The minimum Gasteiger partial charge on any atom is -0.480 e. The number of furan rings is 1. The van der Waals surface area contributed by atoms with Crippen LogP contribution < -0.4 is 0 Å². The van der Waals surface area contributed by atoms with Gasteiger partial charge in [-0.25, -0.2) is 4.79 Å². The Labute approximate surface area is 113 Å². The molecule has 0 aromatic carbocycles. The fraction of sp³-hybridized carbons (Fsp3) is 0.571. The topological polar surface area (TPSA) is 70.8 Å². The van der Waals surface area contributed by atoms with E-state index in [4.69, 9.17) is 9.52 Å². The van der Waals surface area contributed by atoms with E-state index >= 15 is 0 Å². The number of hydrogen-bond acceptors (Lipinski definition) is 3. The van der Waals surface area contributed by atoms with E-state index in [-0.39, 0.29) is 5.76 Å². The van der Waals surface area contributed by atoms with E-state index in [1.807, 2.05) is 13.8 Å². The fourth-order valence-corrected chi connectivity index (χ4v) is 1.73. The Morgan fingerprint density at radius 1 is 1.32 bits per heavy atom. The van der Waals surface area contributed by atoms with Crippen molar-refractivity contribution in [1.29, 1.82) is 0 Å². The van der Waals surface area contributed by atoms with Crippen LogP contribution in [0.4, 0.5) is 0 Å². The van der Waals surface area contributed by atoms with Crippen molar-refractivity contribution in [2.24, 2.45) is 0 Å². The first kappa shape index (κ1) is 15.3. The molecule has 1 rings (SSSR count). The van der Waals surface area contributed by atoms with Gasteiger partial charge in [0, 0.05) is 13.5 Å². The molecule has 1 aromatic rings. The summed E-state index contributed by atoms with van der Waals surface area (Å²) in [4.78, 5) is 24.6. The summed E-state index contributed by atoms with van der Waals surface area (Å²) in [6.45, 7) is 6.91. The summed E-state index contributed by atoms with van der Waals surface area (Å²) in [7, 11) is 1.47. The van der Waals surface area contributed by atoms with Crippen LogP contribution in [0.25, 0.3) is 0 Å². The van der Waals surface area contributed by atoms with Crippen molar-refractivity contribution < 1.29 is 19.1 Å². The number of carboxylic acid groups (broad SMARTS) is 1. The van der Waals surface area contributed by atoms with Crippen molar-refractivity contribution >= 4 is 11.9 Å². The fourth-order valence-electron chi connectivity index (χ4n) is 1.73. The van der Waals surface area contributed by atoms with Gasteiger partial charge >= 0.3 is 5.97 Å². The maximum absolute atomic E-state index is 12.3. The highest BCUT2D eigenvalue weighted by atomic mass is 16.4. The van der Waals surface area contributed by atoms with Gasteiger partial charge in [-0.3, -0.25) is 4.79 Å². The summed E-state index contributed by atoms with van der Waals surface area (Å²) in [5, 5.41) is 9.14. The van der Waals surface area contributed by atoms with Crippen LogP contribution in [0.1, 0.15) is 49.6 Å². The van der Waals surface area contributed by atoms with E-state index in [0.717, 1.165) is 17.7 Å². The number of rotatable bonds is 5. The molecule has 0 aliphatic rings. The standard InChI is InChI=1S/C14H21NO4/c1-6-9-8-11(19-10(9)7-2)12(16)15(5)14(3,4)13(17)18/h8H,6-7H2,1-5H3,(H,17,18). The molecule has 106 valence electrons. The molecule has 5 nitrogen and oxygen atoms in total. The minimum absolute atomic E-state index is 0.200. The maximum atomic E-state index is 12.3. The maximum Gasteiger partial charge on any atom is 0.329 e. The molecular weight excluding hydrogens is 246 g/mol. The largest absolute Gasteiger partial charge is 0.480 e. The van der Waals surface area contributed by atoms with Crippen LogP contribution in [-0.2, 0) is 17.6 Å². The highest BCUT2D eigenvalue weighted by Crippen LogP contribution is 2.21. The van der Waals surface area contributed by atoms with Gasteiger partial charge in [0.2, 0.25) is 0 Å². The zero-order valence-electron chi connectivity index (χ0n) is 12.1. The number of nitrogens with zero attached hydrogens (tertiary/aromatic N) is 1. The quantitative estimate of drug-likeness (QED) is 0.888. The van der Waals surface area contributed by atoms with Gasteiger partial charge in [-0.1, -0.05) is 13.8 Å². The molecule has 5 heteroatoms. The van der Waals surface area contributed by atoms with E-state index < -0.39 is 17.4 Å². The summed E-state index contributed by atoms with van der Waals surface area (Å²) >= 11 is 0. The molecule has 1 heterocycles. The second-order valence-electron chi connectivity index (χ2n) is 4.99. The molecule has 1 N–H and O–H groups in total. The van der Waals surface area contributed by atoms with E-state index in [0.29, 0.717) is 6.42 Å². The van der Waals surface area contributed by atoms with Gasteiger partial charge in [-0.05, 0) is 31.9 Å². The van der Waals surface area contributed by atoms with Crippen molar-refractivity contribution in [2.75, 3.05) is 7.05 Å². The van der Waals surface area contributed by atoms with Crippen molar-refractivity contribution in [3.8, 4) is 0 Å². The van der Waals surface area contributed by atoms with Gasteiger partial charge in [0.1, 0.15) is 11.3 Å². The molecule has 0 atom stereocenters. The van der Waals surface area contributed by atoms with E-state index in [9.17, 15) is 9.59 Å². The monoisotopic (exact) mass is 267 g/mol. The molecule has 0 bridgehead atoms.